The zero-order valence-electron chi connectivity index (χ0n) is 22.0. The number of para-hydroxylation sites is 1. The summed E-state index contributed by atoms with van der Waals surface area (Å²) in [6.07, 6.45) is 2.73. The number of carbonyl (C=O) groups is 2. The maximum atomic E-state index is 13.7. The van der Waals surface area contributed by atoms with E-state index in [4.69, 9.17) is 0 Å². The predicted molar refractivity (Wildman–Crippen MR) is 151 cm³/mol. The molecule has 0 aliphatic carbocycles. The minimum Gasteiger partial charge on any atom is -0.481 e. The molecule has 4 aromatic rings. The molecule has 4 rings (SSSR count). The molecule has 0 spiro atoms. The number of aromatic amines is 1. The Kier molecular flexibility index (Phi) is 9.30. The maximum Gasteiger partial charge on any atom is 0.311 e. The highest BCUT2D eigenvalue weighted by atomic mass is 16.4. The van der Waals surface area contributed by atoms with Gasteiger partial charge < -0.3 is 15.0 Å². The molecule has 0 radical (unpaired) electrons. The Labute approximate surface area is 224 Å². The first-order valence-electron chi connectivity index (χ1n) is 13.1. The van der Waals surface area contributed by atoms with Crippen molar-refractivity contribution in [2.24, 2.45) is 0 Å². The van der Waals surface area contributed by atoms with Gasteiger partial charge in [0.2, 0.25) is 5.91 Å². The molecule has 3 aromatic carbocycles. The van der Waals surface area contributed by atoms with E-state index in [1.807, 2.05) is 104 Å². The molecular weight excluding hydrogens is 476 g/mol. The van der Waals surface area contributed by atoms with Crippen LogP contribution in [0.5, 0.6) is 0 Å². The summed E-state index contributed by atoms with van der Waals surface area (Å²) < 4.78 is 0. The van der Waals surface area contributed by atoms with E-state index >= 15 is 0 Å². The van der Waals surface area contributed by atoms with Crippen LogP contribution in [0.3, 0.4) is 0 Å². The van der Waals surface area contributed by atoms with Gasteiger partial charge in [0, 0.05) is 43.8 Å². The van der Waals surface area contributed by atoms with Gasteiger partial charge in [0.15, 0.2) is 0 Å². The molecule has 2 atom stereocenters. The summed E-state index contributed by atoms with van der Waals surface area (Å²) in [7, 11) is 1.83. The molecule has 1 aromatic heterocycles. The van der Waals surface area contributed by atoms with Crippen LogP contribution in [-0.4, -0.2) is 58.1 Å². The molecule has 3 N–H and O–H groups in total. The Bertz CT molecular complexity index is 1320. The van der Waals surface area contributed by atoms with Crippen molar-refractivity contribution in [2.75, 3.05) is 20.1 Å². The molecule has 7 nitrogen and oxygen atoms in total. The Balaban J connectivity index is 1.48. The zero-order valence-corrected chi connectivity index (χ0v) is 22.0. The van der Waals surface area contributed by atoms with E-state index in [0.29, 0.717) is 32.5 Å². The Hall–Kier alpha value is -3.94. The molecular formula is C31H36N4O3. The van der Waals surface area contributed by atoms with Gasteiger partial charge in [-0.2, -0.15) is 0 Å². The number of nitrogens with one attached hydrogen (secondary N) is 2. The lowest BCUT2D eigenvalue weighted by atomic mass is 9.95. The number of likely N-dealkylation sites (N-methyl/N-ethyl adjacent to an activating group) is 2. The lowest BCUT2D eigenvalue weighted by molar-refractivity contribution is -0.140. The van der Waals surface area contributed by atoms with Gasteiger partial charge in [-0.25, -0.2) is 5.01 Å². The number of carbonyl (C=O) groups excluding carboxylic acids is 1. The number of carboxylic acid groups (broad SMARTS) is 1. The number of benzene rings is 3. The van der Waals surface area contributed by atoms with Crippen molar-refractivity contribution < 1.29 is 14.7 Å². The fraction of sp³-hybridized carbons (Fsp3) is 0.290. The number of nitrogens with zero attached hydrogens (tertiary/aromatic N) is 2. The van der Waals surface area contributed by atoms with Crippen molar-refractivity contribution in [1.82, 2.24) is 20.3 Å². The number of aromatic nitrogens is 1. The Morgan fingerprint density at radius 2 is 1.55 bits per heavy atom. The third-order valence-corrected chi connectivity index (χ3v) is 6.96. The van der Waals surface area contributed by atoms with E-state index in [9.17, 15) is 14.7 Å². The highest BCUT2D eigenvalue weighted by molar-refractivity contribution is 5.89. The van der Waals surface area contributed by atoms with Crippen molar-refractivity contribution in [3.05, 3.63) is 108 Å². The second-order valence-corrected chi connectivity index (χ2v) is 9.55. The number of carboxylic acids is 1. The molecule has 0 aliphatic rings. The molecule has 0 aliphatic heterocycles. The first-order chi connectivity index (χ1) is 18.5. The number of hydrazine groups is 1. The summed E-state index contributed by atoms with van der Waals surface area (Å²) in [4.78, 5) is 30.9. The van der Waals surface area contributed by atoms with Gasteiger partial charge in [0.05, 0.1) is 5.92 Å². The van der Waals surface area contributed by atoms with Crippen molar-refractivity contribution >= 4 is 22.8 Å². The van der Waals surface area contributed by atoms with E-state index < -0.39 is 17.9 Å². The summed E-state index contributed by atoms with van der Waals surface area (Å²) >= 11 is 0. The van der Waals surface area contributed by atoms with Gasteiger partial charge in [0.1, 0.15) is 6.04 Å². The molecule has 0 saturated carbocycles. The van der Waals surface area contributed by atoms with Crippen LogP contribution in [0.2, 0.25) is 0 Å². The molecule has 1 amide bonds. The fourth-order valence-electron chi connectivity index (χ4n) is 4.95. The van der Waals surface area contributed by atoms with Crippen molar-refractivity contribution in [3.8, 4) is 0 Å². The largest absolute Gasteiger partial charge is 0.481 e. The van der Waals surface area contributed by atoms with E-state index in [2.05, 4.69) is 10.4 Å². The summed E-state index contributed by atoms with van der Waals surface area (Å²) in [6, 6.07) is 27.2. The SMILES string of the molecule is CCN(NCC[C@@H](C(=O)O)c1c[nH]c2ccccc12)C(Cc1ccccc1)C(=O)N(C)Cc1ccccc1. The number of aliphatic carboxylic acids is 1. The minimum absolute atomic E-state index is 0.0125. The van der Waals surface area contributed by atoms with Crippen LogP contribution >= 0.6 is 0 Å². The first-order valence-corrected chi connectivity index (χ1v) is 13.1. The van der Waals surface area contributed by atoms with Crippen LogP contribution in [0.4, 0.5) is 0 Å². The molecule has 0 saturated heterocycles. The molecule has 7 heteroatoms. The Morgan fingerprint density at radius 3 is 2.21 bits per heavy atom. The van der Waals surface area contributed by atoms with E-state index in [1.165, 1.54) is 0 Å². The lowest BCUT2D eigenvalue weighted by Gasteiger charge is -2.33. The second-order valence-electron chi connectivity index (χ2n) is 9.55. The topological polar surface area (TPSA) is 88.7 Å². The van der Waals surface area contributed by atoms with Crippen LogP contribution in [0.25, 0.3) is 10.9 Å². The smallest absolute Gasteiger partial charge is 0.311 e. The number of fused-ring (bicyclic) bond motifs is 1. The van der Waals surface area contributed by atoms with Gasteiger partial charge in [-0.15, -0.1) is 0 Å². The standard InChI is InChI=1S/C31H36N4O3/c1-3-35(33-19-18-26(31(37)38)27-21-32-28-17-11-10-16-25(27)28)29(20-23-12-6-4-7-13-23)30(36)34(2)22-24-14-8-5-9-15-24/h4-17,21,26,29,32-33H,3,18-20,22H2,1-2H3,(H,37,38)/t26-,29?/m1/s1. The zero-order chi connectivity index (χ0) is 26.9. The first kappa shape index (κ1) is 27.1. The quantitative estimate of drug-likeness (QED) is 0.224. The van der Waals surface area contributed by atoms with Crippen LogP contribution in [0.15, 0.2) is 91.1 Å². The summed E-state index contributed by atoms with van der Waals surface area (Å²) in [5, 5.41) is 12.9. The number of H-pyrrole nitrogens is 1. The van der Waals surface area contributed by atoms with Crippen LogP contribution in [-0.2, 0) is 22.6 Å². The lowest BCUT2D eigenvalue weighted by Crippen LogP contribution is -2.54. The van der Waals surface area contributed by atoms with E-state index in [1.54, 1.807) is 11.1 Å². The van der Waals surface area contributed by atoms with E-state index in [-0.39, 0.29) is 5.91 Å². The van der Waals surface area contributed by atoms with Crippen LogP contribution < -0.4 is 5.43 Å². The van der Waals surface area contributed by atoms with Gasteiger partial charge >= 0.3 is 5.97 Å². The van der Waals surface area contributed by atoms with Crippen LogP contribution in [0.1, 0.15) is 36.0 Å². The van der Waals surface area contributed by atoms with Gasteiger partial charge in [-0.1, -0.05) is 85.8 Å². The van der Waals surface area contributed by atoms with Crippen molar-refractivity contribution in [3.63, 3.8) is 0 Å². The molecule has 0 fully saturated rings. The average Bonchev–Trinajstić information content (AvgIpc) is 3.36. The van der Waals surface area contributed by atoms with Crippen molar-refractivity contribution in [2.45, 2.75) is 38.3 Å². The highest BCUT2D eigenvalue weighted by Crippen LogP contribution is 2.28. The molecule has 198 valence electrons. The number of hydrogen-bond acceptors (Lipinski definition) is 4. The third kappa shape index (κ3) is 6.68. The van der Waals surface area contributed by atoms with Crippen molar-refractivity contribution in [1.29, 1.82) is 0 Å². The molecule has 0 bridgehead atoms. The van der Waals surface area contributed by atoms with Gasteiger partial charge in [0.25, 0.3) is 0 Å². The minimum atomic E-state index is -0.862. The monoisotopic (exact) mass is 512 g/mol. The normalized spacial score (nSPS) is 12.9. The van der Waals surface area contributed by atoms with Gasteiger partial charge in [-0.3, -0.25) is 15.0 Å². The summed E-state index contributed by atoms with van der Waals surface area (Å²) in [6.45, 7) is 3.53. The maximum absolute atomic E-state index is 13.7. The van der Waals surface area contributed by atoms with E-state index in [0.717, 1.165) is 27.6 Å². The molecule has 38 heavy (non-hydrogen) atoms. The summed E-state index contributed by atoms with van der Waals surface area (Å²) in [5.41, 5.74) is 7.24. The fourth-order valence-corrected chi connectivity index (χ4v) is 4.95. The number of hydrogen-bond donors (Lipinski definition) is 3. The summed E-state index contributed by atoms with van der Waals surface area (Å²) in [5.74, 6) is -1.51. The second kappa shape index (κ2) is 13.0. The third-order valence-electron chi connectivity index (χ3n) is 6.96. The number of amides is 1. The molecule has 1 unspecified atom stereocenters. The molecule has 1 heterocycles. The Morgan fingerprint density at radius 1 is 0.921 bits per heavy atom. The number of rotatable bonds is 13. The highest BCUT2D eigenvalue weighted by Gasteiger charge is 2.29. The van der Waals surface area contributed by atoms with Crippen LogP contribution in [0, 0.1) is 0 Å². The van der Waals surface area contributed by atoms with Gasteiger partial charge in [-0.05, 0) is 35.6 Å². The average molecular weight is 513 g/mol. The predicted octanol–water partition coefficient (Wildman–Crippen LogP) is 4.82.